The van der Waals surface area contributed by atoms with Gasteiger partial charge in [-0.1, -0.05) is 69.0 Å². The first-order valence-electron chi connectivity index (χ1n) is 15.1. The average Bonchev–Trinajstić information content (AvgIpc) is 3.54. The number of fused-ring (bicyclic) bond motifs is 1. The van der Waals surface area contributed by atoms with Gasteiger partial charge in [0.05, 0.1) is 17.9 Å². The number of hydrogen-bond acceptors (Lipinski definition) is 4. The molecule has 2 saturated heterocycles. The first-order valence-corrected chi connectivity index (χ1v) is 15.8. The smallest absolute Gasteiger partial charge is 0.246 e. The van der Waals surface area contributed by atoms with Crippen molar-refractivity contribution < 1.29 is 19.1 Å². The molecule has 2 aliphatic carbocycles. The van der Waals surface area contributed by atoms with Gasteiger partial charge in [0, 0.05) is 28.5 Å². The third-order valence-corrected chi connectivity index (χ3v) is 11.1. The molecule has 6 nitrogen and oxygen atoms in total. The highest BCUT2D eigenvalue weighted by molar-refractivity contribution is 6.34. The fourth-order valence-electron chi connectivity index (χ4n) is 8.27. The van der Waals surface area contributed by atoms with E-state index in [1.807, 2.05) is 17.1 Å². The van der Waals surface area contributed by atoms with Crippen LogP contribution in [0.4, 0.5) is 0 Å². The van der Waals surface area contributed by atoms with Crippen LogP contribution in [0.5, 0.6) is 0 Å². The maximum atomic E-state index is 14.4. The van der Waals surface area contributed by atoms with E-state index in [-0.39, 0.29) is 36.1 Å². The third-order valence-electron chi connectivity index (χ3n) is 10.6. The summed E-state index contributed by atoms with van der Waals surface area (Å²) in [5, 5.41) is 4.30. The van der Waals surface area contributed by atoms with E-state index in [4.69, 9.17) is 27.9 Å². The van der Waals surface area contributed by atoms with Crippen LogP contribution in [0.3, 0.4) is 0 Å². The molecule has 8 atom stereocenters. The molecular formula is C32H40Cl2N2O4. The number of halogens is 2. The van der Waals surface area contributed by atoms with Gasteiger partial charge in [-0.15, -0.1) is 0 Å². The Kier molecular flexibility index (Phi) is 7.59. The molecule has 2 amide bonds. The van der Waals surface area contributed by atoms with Crippen molar-refractivity contribution in [1.82, 2.24) is 10.2 Å². The fourth-order valence-corrected chi connectivity index (χ4v) is 8.84. The molecule has 0 aromatic heterocycles. The van der Waals surface area contributed by atoms with E-state index in [2.05, 4.69) is 26.1 Å². The summed E-state index contributed by atoms with van der Waals surface area (Å²) in [5.41, 5.74) is -0.411. The van der Waals surface area contributed by atoms with Crippen LogP contribution in [-0.4, -0.2) is 52.3 Å². The van der Waals surface area contributed by atoms with Crippen molar-refractivity contribution >= 4 is 40.8 Å². The van der Waals surface area contributed by atoms with Crippen molar-refractivity contribution in [2.45, 2.75) is 102 Å². The Morgan fingerprint density at radius 3 is 2.42 bits per heavy atom. The maximum absolute atomic E-state index is 14.4. The van der Waals surface area contributed by atoms with Gasteiger partial charge in [-0.25, -0.2) is 0 Å². The number of Topliss-reactive ketones (excluding diaryl/α,β-unsaturated/α-hetero) is 1. The predicted octanol–water partition coefficient (Wildman–Crippen LogP) is 5.78. The van der Waals surface area contributed by atoms with Crippen molar-refractivity contribution in [3.05, 3.63) is 46.0 Å². The number of ketones is 1. The quantitative estimate of drug-likeness (QED) is 0.429. The minimum absolute atomic E-state index is 0.0272. The third kappa shape index (κ3) is 4.72. The van der Waals surface area contributed by atoms with Gasteiger partial charge in [0.1, 0.15) is 17.4 Å². The van der Waals surface area contributed by atoms with Crippen LogP contribution in [0.2, 0.25) is 10.0 Å². The van der Waals surface area contributed by atoms with Gasteiger partial charge in [0.25, 0.3) is 0 Å². The molecule has 4 fully saturated rings. The summed E-state index contributed by atoms with van der Waals surface area (Å²) < 4.78 is 6.58. The molecule has 3 heterocycles. The monoisotopic (exact) mass is 586 g/mol. The zero-order valence-corrected chi connectivity index (χ0v) is 25.1. The van der Waals surface area contributed by atoms with E-state index in [1.54, 1.807) is 18.2 Å². The van der Waals surface area contributed by atoms with Gasteiger partial charge < -0.3 is 15.0 Å². The average molecular weight is 588 g/mol. The molecule has 0 radical (unpaired) electrons. The number of rotatable bonds is 6. The number of amides is 2. The van der Waals surface area contributed by atoms with Crippen molar-refractivity contribution in [3.63, 3.8) is 0 Å². The number of likely N-dealkylation sites (tertiary alicyclic amines) is 1. The molecule has 1 aromatic carbocycles. The van der Waals surface area contributed by atoms with Gasteiger partial charge >= 0.3 is 0 Å². The molecule has 1 spiro atoms. The van der Waals surface area contributed by atoms with Crippen LogP contribution in [0, 0.1) is 29.6 Å². The molecule has 8 heteroatoms. The van der Waals surface area contributed by atoms with E-state index in [0.717, 1.165) is 38.5 Å². The van der Waals surface area contributed by atoms with Crippen molar-refractivity contribution in [3.8, 4) is 0 Å². The van der Waals surface area contributed by atoms with Crippen LogP contribution in [0.15, 0.2) is 30.4 Å². The standard InChI is InChI=1S/C32H40Cl2N2O4/c1-17-7-9-23(10-8-17)36-29(30(38)35-24-6-4-5-18(2)19(24)3)32-12-11-26(40-32)27(28(32)31(36)39)25(37)15-20-13-21(33)16-22(34)14-20/h11-14,16-19,23-24,26-29H,4-10,15H2,1-3H3,(H,35,38). The van der Waals surface area contributed by atoms with Crippen molar-refractivity contribution in [2.24, 2.45) is 29.6 Å². The maximum Gasteiger partial charge on any atom is 0.246 e. The lowest BCUT2D eigenvalue weighted by Gasteiger charge is -2.41. The van der Waals surface area contributed by atoms with E-state index >= 15 is 0 Å². The summed E-state index contributed by atoms with van der Waals surface area (Å²) in [5.74, 6) is -0.183. The lowest BCUT2D eigenvalue weighted by Crippen LogP contribution is -2.59. The molecule has 5 aliphatic rings. The highest BCUT2D eigenvalue weighted by atomic mass is 35.5. The largest absolute Gasteiger partial charge is 0.359 e. The highest BCUT2D eigenvalue weighted by Gasteiger charge is 2.73. The van der Waals surface area contributed by atoms with E-state index in [9.17, 15) is 14.4 Å². The number of hydrogen-bond donors (Lipinski definition) is 1. The molecule has 8 unspecified atom stereocenters. The van der Waals surface area contributed by atoms with Gasteiger partial charge in [-0.05, 0) is 73.6 Å². The Morgan fingerprint density at radius 2 is 1.73 bits per heavy atom. The number of benzene rings is 1. The lowest BCUT2D eigenvalue weighted by atomic mass is 9.72. The predicted molar refractivity (Wildman–Crippen MR) is 155 cm³/mol. The summed E-state index contributed by atoms with van der Waals surface area (Å²) in [4.78, 5) is 44.3. The SMILES string of the molecule is CC1CCC(N2C(=O)C3C(C(=O)Cc4cc(Cl)cc(Cl)c4)C4C=CC3(O4)C2C(=O)NC2CCCC(C)C2C)CC1. The first kappa shape index (κ1) is 28.2. The fraction of sp³-hybridized carbons (Fsp3) is 0.656. The number of ether oxygens (including phenoxy) is 1. The first-order chi connectivity index (χ1) is 19.1. The molecular weight excluding hydrogens is 547 g/mol. The number of nitrogens with zero attached hydrogens (tertiary/aromatic N) is 1. The number of nitrogens with one attached hydrogen (secondary N) is 1. The Balaban J connectivity index is 1.32. The topological polar surface area (TPSA) is 75.7 Å². The Hall–Kier alpha value is -1.89. The normalized spacial score (nSPS) is 40.4. The highest BCUT2D eigenvalue weighted by Crippen LogP contribution is 2.56. The van der Waals surface area contributed by atoms with Crippen LogP contribution in [0.1, 0.15) is 71.3 Å². The summed E-state index contributed by atoms with van der Waals surface area (Å²) in [6.45, 7) is 6.71. The van der Waals surface area contributed by atoms with E-state index in [0.29, 0.717) is 33.4 Å². The minimum atomic E-state index is -1.12. The molecule has 3 aliphatic heterocycles. The second-order valence-corrected chi connectivity index (χ2v) is 14.0. The molecule has 216 valence electrons. The van der Waals surface area contributed by atoms with Gasteiger partial charge in [0.2, 0.25) is 11.8 Å². The van der Waals surface area contributed by atoms with E-state index < -0.39 is 29.6 Å². The van der Waals surface area contributed by atoms with Crippen LogP contribution in [-0.2, 0) is 25.5 Å². The summed E-state index contributed by atoms with van der Waals surface area (Å²) in [7, 11) is 0. The molecule has 40 heavy (non-hydrogen) atoms. The molecule has 6 rings (SSSR count). The zero-order chi connectivity index (χ0) is 28.3. The molecule has 2 bridgehead atoms. The zero-order valence-electron chi connectivity index (χ0n) is 23.6. The number of carbonyl (C=O) groups is 3. The van der Waals surface area contributed by atoms with Crippen LogP contribution >= 0.6 is 23.2 Å². The van der Waals surface area contributed by atoms with Gasteiger partial charge in [0.15, 0.2) is 0 Å². The second kappa shape index (κ2) is 10.7. The van der Waals surface area contributed by atoms with Crippen molar-refractivity contribution in [2.75, 3.05) is 0 Å². The van der Waals surface area contributed by atoms with E-state index in [1.165, 1.54) is 6.42 Å². The summed E-state index contributed by atoms with van der Waals surface area (Å²) in [6.07, 6.45) is 10.4. The summed E-state index contributed by atoms with van der Waals surface area (Å²) in [6, 6.07) is 4.38. The molecule has 2 saturated carbocycles. The van der Waals surface area contributed by atoms with Gasteiger partial charge in [-0.2, -0.15) is 0 Å². The van der Waals surface area contributed by atoms with Crippen molar-refractivity contribution in [1.29, 1.82) is 0 Å². The minimum Gasteiger partial charge on any atom is -0.359 e. The lowest BCUT2D eigenvalue weighted by molar-refractivity contribution is -0.145. The molecule has 1 N–H and O–H groups in total. The second-order valence-electron chi connectivity index (χ2n) is 13.2. The Morgan fingerprint density at radius 1 is 1.02 bits per heavy atom. The Labute approximate surface area is 247 Å². The van der Waals surface area contributed by atoms with Crippen LogP contribution < -0.4 is 5.32 Å². The van der Waals surface area contributed by atoms with Gasteiger partial charge in [-0.3, -0.25) is 14.4 Å². The summed E-state index contributed by atoms with van der Waals surface area (Å²) >= 11 is 12.4. The molecule has 1 aromatic rings. The Bertz CT molecular complexity index is 1210. The van der Waals surface area contributed by atoms with Crippen LogP contribution in [0.25, 0.3) is 0 Å². The number of carbonyl (C=O) groups excluding carboxylic acids is 3.